The molecular weight excluding hydrogens is 248 g/mol. The van der Waals surface area contributed by atoms with Gasteiger partial charge in [-0.3, -0.25) is 14.4 Å². The molecule has 0 aromatic rings. The molecule has 6 heteroatoms. The van der Waals surface area contributed by atoms with E-state index in [2.05, 4.69) is 5.32 Å². The number of rotatable bonds is 6. The number of aliphatic carboxylic acids is 1. The van der Waals surface area contributed by atoms with Crippen LogP contribution in [0, 0.1) is 11.8 Å². The molecule has 1 unspecified atom stereocenters. The van der Waals surface area contributed by atoms with Gasteiger partial charge in [-0.2, -0.15) is 0 Å². The molecule has 1 heterocycles. The lowest BCUT2D eigenvalue weighted by molar-refractivity contribution is -0.141. The fourth-order valence-electron chi connectivity index (χ4n) is 2.29. The summed E-state index contributed by atoms with van der Waals surface area (Å²) < 4.78 is 0. The fourth-order valence-corrected chi connectivity index (χ4v) is 2.29. The maximum Gasteiger partial charge on any atom is 0.308 e. The Hall–Kier alpha value is -1.59. The molecule has 19 heavy (non-hydrogen) atoms. The first-order valence-electron chi connectivity index (χ1n) is 6.86. The minimum absolute atomic E-state index is 0.00980. The van der Waals surface area contributed by atoms with Gasteiger partial charge in [0.05, 0.1) is 5.92 Å². The third kappa shape index (κ3) is 3.94. The summed E-state index contributed by atoms with van der Waals surface area (Å²) in [6.45, 7) is 1.38. The smallest absolute Gasteiger partial charge is 0.308 e. The summed E-state index contributed by atoms with van der Waals surface area (Å²) in [7, 11) is 0. The van der Waals surface area contributed by atoms with Gasteiger partial charge < -0.3 is 15.3 Å². The predicted octanol–water partition coefficient (Wildman–Crippen LogP) is 0.226. The summed E-state index contributed by atoms with van der Waals surface area (Å²) in [5, 5.41) is 11.7. The van der Waals surface area contributed by atoms with Crippen molar-refractivity contribution in [3.05, 3.63) is 0 Å². The molecule has 2 aliphatic rings. The molecule has 1 saturated carbocycles. The van der Waals surface area contributed by atoms with Crippen molar-refractivity contribution in [2.75, 3.05) is 19.6 Å². The van der Waals surface area contributed by atoms with Gasteiger partial charge in [0.2, 0.25) is 11.8 Å². The lowest BCUT2D eigenvalue weighted by atomic mass is 10.1. The molecular formula is C13H20N2O4. The molecule has 2 N–H and O–H groups in total. The van der Waals surface area contributed by atoms with E-state index in [0.29, 0.717) is 38.9 Å². The quantitative estimate of drug-likeness (QED) is 0.675. The molecule has 1 atom stereocenters. The van der Waals surface area contributed by atoms with Gasteiger partial charge in [0.15, 0.2) is 0 Å². The Morgan fingerprint density at radius 1 is 1.16 bits per heavy atom. The Morgan fingerprint density at radius 2 is 1.89 bits per heavy atom. The van der Waals surface area contributed by atoms with Crippen molar-refractivity contribution in [3.8, 4) is 0 Å². The number of hydrogen-bond acceptors (Lipinski definition) is 3. The Labute approximate surface area is 112 Å². The standard InChI is InChI=1S/C13H20N2O4/c16-11(15-7-5-10(8-15)13(18)19)2-1-6-14-12(17)9-3-4-9/h9-10H,1-8H2,(H,14,17)(H,18,19). The zero-order valence-electron chi connectivity index (χ0n) is 10.9. The first kappa shape index (κ1) is 13.8. The number of hydrogen-bond donors (Lipinski definition) is 2. The van der Waals surface area contributed by atoms with E-state index in [0.717, 1.165) is 12.8 Å². The van der Waals surface area contributed by atoms with Crippen LogP contribution in [-0.2, 0) is 14.4 Å². The van der Waals surface area contributed by atoms with Crippen LogP contribution >= 0.6 is 0 Å². The van der Waals surface area contributed by atoms with Gasteiger partial charge >= 0.3 is 5.97 Å². The highest BCUT2D eigenvalue weighted by molar-refractivity contribution is 5.81. The van der Waals surface area contributed by atoms with Crippen LogP contribution in [0.5, 0.6) is 0 Å². The monoisotopic (exact) mass is 268 g/mol. The van der Waals surface area contributed by atoms with Crippen LogP contribution in [-0.4, -0.2) is 47.4 Å². The molecule has 1 aliphatic heterocycles. The highest BCUT2D eigenvalue weighted by Gasteiger charge is 2.31. The number of carboxylic acids is 1. The Bertz CT molecular complexity index is 379. The number of amides is 2. The molecule has 1 aliphatic carbocycles. The largest absolute Gasteiger partial charge is 0.481 e. The molecule has 1 saturated heterocycles. The molecule has 0 aromatic carbocycles. The molecule has 0 bridgehead atoms. The van der Waals surface area contributed by atoms with Gasteiger partial charge in [0, 0.05) is 32.0 Å². The van der Waals surface area contributed by atoms with E-state index in [1.165, 1.54) is 0 Å². The zero-order valence-corrected chi connectivity index (χ0v) is 10.9. The van der Waals surface area contributed by atoms with E-state index in [-0.39, 0.29) is 17.7 Å². The van der Waals surface area contributed by atoms with Crippen LogP contribution in [0.25, 0.3) is 0 Å². The van der Waals surface area contributed by atoms with Crippen LogP contribution in [0.15, 0.2) is 0 Å². The first-order valence-corrected chi connectivity index (χ1v) is 6.86. The normalized spacial score (nSPS) is 22.3. The summed E-state index contributed by atoms with van der Waals surface area (Å²) in [5.41, 5.74) is 0. The van der Waals surface area contributed by atoms with Crippen molar-refractivity contribution in [1.29, 1.82) is 0 Å². The summed E-state index contributed by atoms with van der Waals surface area (Å²) in [5.74, 6) is -0.958. The number of carboxylic acid groups (broad SMARTS) is 1. The van der Waals surface area contributed by atoms with Gasteiger partial charge in [0.25, 0.3) is 0 Å². The molecule has 0 radical (unpaired) electrons. The number of carbonyl (C=O) groups excluding carboxylic acids is 2. The van der Waals surface area contributed by atoms with Crippen LogP contribution in [0.2, 0.25) is 0 Å². The van der Waals surface area contributed by atoms with E-state index in [1.807, 2.05) is 0 Å². The number of nitrogens with zero attached hydrogens (tertiary/aromatic N) is 1. The van der Waals surface area contributed by atoms with E-state index >= 15 is 0 Å². The molecule has 6 nitrogen and oxygen atoms in total. The number of likely N-dealkylation sites (tertiary alicyclic amines) is 1. The third-order valence-electron chi connectivity index (χ3n) is 3.70. The topological polar surface area (TPSA) is 86.7 Å². The SMILES string of the molecule is O=C(O)C1CCN(C(=O)CCCNC(=O)C2CC2)C1. The second-order valence-corrected chi connectivity index (χ2v) is 5.33. The lowest BCUT2D eigenvalue weighted by Gasteiger charge is -2.15. The van der Waals surface area contributed by atoms with Crippen molar-refractivity contribution in [1.82, 2.24) is 10.2 Å². The van der Waals surface area contributed by atoms with Gasteiger partial charge in [-0.05, 0) is 25.7 Å². The van der Waals surface area contributed by atoms with Crippen molar-refractivity contribution in [2.45, 2.75) is 32.1 Å². The first-order chi connectivity index (χ1) is 9.08. The molecule has 2 fully saturated rings. The average molecular weight is 268 g/mol. The Morgan fingerprint density at radius 3 is 2.47 bits per heavy atom. The van der Waals surface area contributed by atoms with Crippen molar-refractivity contribution >= 4 is 17.8 Å². The summed E-state index contributed by atoms with van der Waals surface area (Å²) in [6, 6.07) is 0. The van der Waals surface area contributed by atoms with E-state index in [4.69, 9.17) is 5.11 Å². The van der Waals surface area contributed by atoms with Crippen molar-refractivity contribution in [3.63, 3.8) is 0 Å². The summed E-state index contributed by atoms with van der Waals surface area (Å²) >= 11 is 0. The van der Waals surface area contributed by atoms with E-state index in [1.54, 1.807) is 4.90 Å². The van der Waals surface area contributed by atoms with Gasteiger partial charge in [-0.15, -0.1) is 0 Å². The maximum atomic E-state index is 11.8. The van der Waals surface area contributed by atoms with Crippen LogP contribution in [0.3, 0.4) is 0 Å². The maximum absolute atomic E-state index is 11.8. The van der Waals surface area contributed by atoms with Crippen molar-refractivity contribution in [2.24, 2.45) is 11.8 Å². The van der Waals surface area contributed by atoms with Crippen LogP contribution < -0.4 is 5.32 Å². The molecule has 2 rings (SSSR count). The van der Waals surface area contributed by atoms with Crippen molar-refractivity contribution < 1.29 is 19.5 Å². The summed E-state index contributed by atoms with van der Waals surface area (Å²) in [6.07, 6.45) is 3.49. The minimum Gasteiger partial charge on any atom is -0.481 e. The molecule has 2 amide bonds. The zero-order chi connectivity index (χ0) is 13.8. The average Bonchev–Trinajstić information content (AvgIpc) is 3.10. The predicted molar refractivity (Wildman–Crippen MR) is 67.3 cm³/mol. The highest BCUT2D eigenvalue weighted by atomic mass is 16.4. The Kier molecular flexibility index (Phi) is 4.39. The highest BCUT2D eigenvalue weighted by Crippen LogP contribution is 2.28. The fraction of sp³-hybridized carbons (Fsp3) is 0.769. The van der Waals surface area contributed by atoms with Crippen LogP contribution in [0.1, 0.15) is 32.1 Å². The van der Waals surface area contributed by atoms with E-state index in [9.17, 15) is 14.4 Å². The van der Waals surface area contributed by atoms with Gasteiger partial charge in [-0.25, -0.2) is 0 Å². The molecule has 0 spiro atoms. The second kappa shape index (κ2) is 6.04. The number of carbonyl (C=O) groups is 3. The number of nitrogens with one attached hydrogen (secondary N) is 1. The van der Waals surface area contributed by atoms with Gasteiger partial charge in [0.1, 0.15) is 0 Å². The van der Waals surface area contributed by atoms with Crippen LogP contribution in [0.4, 0.5) is 0 Å². The van der Waals surface area contributed by atoms with E-state index < -0.39 is 11.9 Å². The Balaban J connectivity index is 1.59. The lowest BCUT2D eigenvalue weighted by Crippen LogP contribution is -2.31. The minimum atomic E-state index is -0.827. The molecule has 0 aromatic heterocycles. The van der Waals surface area contributed by atoms with Gasteiger partial charge in [-0.1, -0.05) is 0 Å². The second-order valence-electron chi connectivity index (χ2n) is 5.33. The summed E-state index contributed by atoms with van der Waals surface area (Å²) in [4.78, 5) is 35.6. The third-order valence-corrected chi connectivity index (χ3v) is 3.70. The molecule has 106 valence electrons.